The minimum absolute atomic E-state index is 0.0641. The van der Waals surface area contributed by atoms with Gasteiger partial charge < -0.3 is 10.6 Å². The minimum Gasteiger partial charge on any atom is -0.334 e. The van der Waals surface area contributed by atoms with E-state index in [1.165, 1.54) is 0 Å². The summed E-state index contributed by atoms with van der Waals surface area (Å²) >= 11 is 1.65. The van der Waals surface area contributed by atoms with Crippen LogP contribution in [0.1, 0.15) is 35.8 Å². The van der Waals surface area contributed by atoms with Crippen molar-refractivity contribution >= 4 is 17.2 Å². The predicted octanol–water partition coefficient (Wildman–Crippen LogP) is 3.32. The first kappa shape index (κ1) is 16.1. The molecule has 3 rings (SSSR count). The van der Waals surface area contributed by atoms with E-state index in [0.29, 0.717) is 18.0 Å². The first-order valence-corrected chi connectivity index (χ1v) is 9.05. The van der Waals surface area contributed by atoms with Crippen LogP contribution >= 0.6 is 11.3 Å². The summed E-state index contributed by atoms with van der Waals surface area (Å²) in [5.74, 6) is 0.696. The molecule has 3 heterocycles. The maximum absolute atomic E-state index is 12.9. The smallest absolute Gasteiger partial charge is 0.255 e. The van der Waals surface area contributed by atoms with Crippen LogP contribution in [-0.4, -0.2) is 34.9 Å². The number of aryl methyl sites for hydroxylation is 1. The van der Waals surface area contributed by atoms with Crippen LogP contribution < -0.4 is 5.73 Å². The number of nitrogens with two attached hydrogens (primary N) is 1. The van der Waals surface area contributed by atoms with E-state index >= 15 is 0 Å². The molecule has 1 aliphatic rings. The molecule has 0 aliphatic carbocycles. The van der Waals surface area contributed by atoms with Crippen LogP contribution in [0.25, 0.3) is 11.3 Å². The van der Waals surface area contributed by atoms with E-state index in [9.17, 15) is 4.79 Å². The largest absolute Gasteiger partial charge is 0.334 e. The van der Waals surface area contributed by atoms with Crippen molar-refractivity contribution in [3.8, 4) is 11.3 Å². The summed E-state index contributed by atoms with van der Waals surface area (Å²) in [5, 5.41) is 4.10. The van der Waals surface area contributed by atoms with Crippen molar-refractivity contribution in [2.45, 2.75) is 32.7 Å². The Bertz CT molecular complexity index is 684. The molecule has 0 spiro atoms. The molecule has 4 nitrogen and oxygen atoms in total. The van der Waals surface area contributed by atoms with Crippen molar-refractivity contribution in [1.29, 1.82) is 0 Å². The summed E-state index contributed by atoms with van der Waals surface area (Å²) in [6.45, 7) is 5.45. The number of likely N-dealkylation sites (tertiary alicyclic amines) is 1. The molecule has 2 aromatic rings. The average molecular weight is 329 g/mol. The van der Waals surface area contributed by atoms with Gasteiger partial charge in [-0.2, -0.15) is 11.3 Å². The highest BCUT2D eigenvalue weighted by molar-refractivity contribution is 7.08. The number of thiophene rings is 1. The fourth-order valence-electron chi connectivity index (χ4n) is 3.26. The lowest BCUT2D eigenvalue weighted by Crippen LogP contribution is -2.49. The van der Waals surface area contributed by atoms with E-state index in [4.69, 9.17) is 5.73 Å². The lowest BCUT2D eigenvalue weighted by molar-refractivity contribution is 0.0572. The molecule has 2 aromatic heterocycles. The maximum Gasteiger partial charge on any atom is 0.255 e. The van der Waals surface area contributed by atoms with Gasteiger partial charge in [-0.05, 0) is 49.3 Å². The zero-order chi connectivity index (χ0) is 16.4. The maximum atomic E-state index is 12.9. The summed E-state index contributed by atoms with van der Waals surface area (Å²) < 4.78 is 0. The fourth-order valence-corrected chi connectivity index (χ4v) is 3.90. The molecule has 0 saturated carbocycles. The molecular formula is C18H23N3OS. The first-order valence-electron chi connectivity index (χ1n) is 8.11. The van der Waals surface area contributed by atoms with Crippen LogP contribution in [-0.2, 0) is 0 Å². The number of nitrogens with zero attached hydrogens (tertiary/aromatic N) is 2. The molecule has 0 radical (unpaired) electrons. The van der Waals surface area contributed by atoms with Gasteiger partial charge in [-0.25, -0.2) is 0 Å². The molecule has 2 N–H and O–H groups in total. The van der Waals surface area contributed by atoms with Gasteiger partial charge in [-0.3, -0.25) is 9.78 Å². The number of carbonyl (C=O) groups is 1. The normalized spacial score (nSPS) is 21.4. The summed E-state index contributed by atoms with van der Waals surface area (Å²) in [5.41, 5.74) is 9.39. The Morgan fingerprint density at radius 3 is 2.91 bits per heavy atom. The molecule has 0 aromatic carbocycles. The van der Waals surface area contributed by atoms with E-state index in [2.05, 4.69) is 17.3 Å². The van der Waals surface area contributed by atoms with Gasteiger partial charge in [0.15, 0.2) is 0 Å². The summed E-state index contributed by atoms with van der Waals surface area (Å²) in [6, 6.07) is 6.03. The Hall–Kier alpha value is -1.72. The lowest BCUT2D eigenvalue weighted by Gasteiger charge is -2.38. The third-order valence-corrected chi connectivity index (χ3v) is 5.33. The summed E-state index contributed by atoms with van der Waals surface area (Å²) in [6.07, 6.45) is 2.03. The third-order valence-electron chi connectivity index (χ3n) is 4.64. The van der Waals surface area contributed by atoms with Gasteiger partial charge in [-0.15, -0.1) is 0 Å². The quantitative estimate of drug-likeness (QED) is 0.940. The molecule has 122 valence electrons. The van der Waals surface area contributed by atoms with Gasteiger partial charge in [0.1, 0.15) is 0 Å². The van der Waals surface area contributed by atoms with E-state index in [-0.39, 0.29) is 11.9 Å². The van der Waals surface area contributed by atoms with Crippen LogP contribution in [0.4, 0.5) is 0 Å². The van der Waals surface area contributed by atoms with Crippen molar-refractivity contribution in [2.24, 2.45) is 11.7 Å². The highest BCUT2D eigenvalue weighted by Gasteiger charge is 2.30. The number of aromatic nitrogens is 1. The molecule has 1 fully saturated rings. The van der Waals surface area contributed by atoms with Crippen molar-refractivity contribution in [3.63, 3.8) is 0 Å². The van der Waals surface area contributed by atoms with Gasteiger partial charge in [0.25, 0.3) is 5.91 Å². The number of amides is 1. The van der Waals surface area contributed by atoms with Gasteiger partial charge in [0.2, 0.25) is 0 Å². The molecule has 0 bridgehead atoms. The SMILES string of the molecule is Cc1nc(-c2ccsc2)ccc1C(=O)N1CCC(C)CC1CN. The molecule has 1 amide bonds. The Kier molecular flexibility index (Phi) is 4.78. The zero-order valence-corrected chi connectivity index (χ0v) is 14.5. The second kappa shape index (κ2) is 6.81. The summed E-state index contributed by atoms with van der Waals surface area (Å²) in [4.78, 5) is 19.5. The average Bonchev–Trinajstić information content (AvgIpc) is 3.08. The topological polar surface area (TPSA) is 59.2 Å². The Labute approximate surface area is 141 Å². The molecule has 23 heavy (non-hydrogen) atoms. The number of pyridine rings is 1. The van der Waals surface area contributed by atoms with Crippen LogP contribution in [0.3, 0.4) is 0 Å². The second-order valence-electron chi connectivity index (χ2n) is 6.36. The van der Waals surface area contributed by atoms with E-state index in [0.717, 1.165) is 36.3 Å². The zero-order valence-electron chi connectivity index (χ0n) is 13.7. The highest BCUT2D eigenvalue weighted by Crippen LogP contribution is 2.26. The Balaban J connectivity index is 1.85. The molecule has 2 unspecified atom stereocenters. The highest BCUT2D eigenvalue weighted by atomic mass is 32.1. The van der Waals surface area contributed by atoms with Gasteiger partial charge in [0, 0.05) is 30.1 Å². The molecule has 1 aliphatic heterocycles. The molecule has 5 heteroatoms. The van der Waals surface area contributed by atoms with Crippen molar-refractivity contribution in [2.75, 3.05) is 13.1 Å². The van der Waals surface area contributed by atoms with Gasteiger partial charge in [0.05, 0.1) is 17.0 Å². The Morgan fingerprint density at radius 1 is 1.43 bits per heavy atom. The minimum atomic E-state index is 0.0641. The van der Waals surface area contributed by atoms with Crippen molar-refractivity contribution in [1.82, 2.24) is 9.88 Å². The monoisotopic (exact) mass is 329 g/mol. The Morgan fingerprint density at radius 2 is 2.26 bits per heavy atom. The number of hydrogen-bond donors (Lipinski definition) is 1. The fraction of sp³-hybridized carbons (Fsp3) is 0.444. The third kappa shape index (κ3) is 3.31. The molecular weight excluding hydrogens is 306 g/mol. The van der Waals surface area contributed by atoms with Crippen LogP contribution in [0.5, 0.6) is 0 Å². The van der Waals surface area contributed by atoms with E-state index < -0.39 is 0 Å². The number of piperidine rings is 1. The van der Waals surface area contributed by atoms with Crippen LogP contribution in [0, 0.1) is 12.8 Å². The predicted molar refractivity (Wildman–Crippen MR) is 94.6 cm³/mol. The number of carbonyl (C=O) groups excluding carboxylic acids is 1. The van der Waals surface area contributed by atoms with Gasteiger partial charge in [-0.1, -0.05) is 6.92 Å². The second-order valence-corrected chi connectivity index (χ2v) is 7.14. The summed E-state index contributed by atoms with van der Waals surface area (Å²) in [7, 11) is 0. The van der Waals surface area contributed by atoms with E-state index in [1.807, 2.05) is 35.4 Å². The molecule has 1 saturated heterocycles. The van der Waals surface area contributed by atoms with Crippen LogP contribution in [0.2, 0.25) is 0 Å². The number of rotatable bonds is 3. The number of hydrogen-bond acceptors (Lipinski definition) is 4. The van der Waals surface area contributed by atoms with Crippen LogP contribution in [0.15, 0.2) is 29.0 Å². The first-order chi connectivity index (χ1) is 11.1. The lowest BCUT2D eigenvalue weighted by atomic mass is 9.91. The van der Waals surface area contributed by atoms with Crippen molar-refractivity contribution < 1.29 is 4.79 Å². The molecule has 2 atom stereocenters. The van der Waals surface area contributed by atoms with E-state index in [1.54, 1.807) is 11.3 Å². The van der Waals surface area contributed by atoms with Crippen molar-refractivity contribution in [3.05, 3.63) is 40.2 Å². The van der Waals surface area contributed by atoms with Gasteiger partial charge >= 0.3 is 0 Å². The standard InChI is InChI=1S/C18H23N3OS/c1-12-5-7-21(15(9-12)10-19)18(22)16-3-4-17(20-13(16)2)14-6-8-23-11-14/h3-4,6,8,11-12,15H,5,7,9-10,19H2,1-2H3.